The van der Waals surface area contributed by atoms with E-state index in [1.807, 2.05) is 11.0 Å². The number of hydrogen-bond donors (Lipinski definition) is 0. The maximum atomic E-state index is 12.1. The molecule has 0 aromatic rings. The number of hydrogen-bond acceptors (Lipinski definition) is 2. The van der Waals surface area contributed by atoms with Crippen LogP contribution in [0.1, 0.15) is 66.2 Å². The van der Waals surface area contributed by atoms with Crippen molar-refractivity contribution in [2.24, 2.45) is 11.8 Å². The summed E-state index contributed by atoms with van der Waals surface area (Å²) in [6, 6.07) is 0. The van der Waals surface area contributed by atoms with Crippen molar-refractivity contribution in [1.82, 2.24) is 4.90 Å². The Labute approximate surface area is 137 Å². The first kappa shape index (κ1) is 19.2. The molecule has 0 saturated carbocycles. The highest BCUT2D eigenvalue weighted by atomic mass is 16.5. The average molecular weight is 309 g/mol. The van der Waals surface area contributed by atoms with Crippen molar-refractivity contribution in [3.63, 3.8) is 0 Å². The monoisotopic (exact) mass is 309 g/mol. The number of rotatable bonds is 9. The number of carbonyl (C=O) groups is 1. The topological polar surface area (TPSA) is 29.5 Å². The van der Waals surface area contributed by atoms with Crippen LogP contribution in [0.2, 0.25) is 0 Å². The molecule has 1 heterocycles. The van der Waals surface area contributed by atoms with Gasteiger partial charge in [-0.3, -0.25) is 4.79 Å². The van der Waals surface area contributed by atoms with Gasteiger partial charge in [0.1, 0.15) is 0 Å². The van der Waals surface area contributed by atoms with Crippen molar-refractivity contribution in [2.45, 2.75) is 66.2 Å². The third-order valence-corrected chi connectivity index (χ3v) is 4.44. The van der Waals surface area contributed by atoms with E-state index in [1.165, 1.54) is 37.7 Å². The van der Waals surface area contributed by atoms with Gasteiger partial charge in [-0.2, -0.15) is 0 Å². The highest BCUT2D eigenvalue weighted by Crippen LogP contribution is 2.19. The third kappa shape index (κ3) is 8.57. The van der Waals surface area contributed by atoms with Gasteiger partial charge < -0.3 is 9.64 Å². The van der Waals surface area contributed by atoms with Crippen LogP contribution in [0.5, 0.6) is 0 Å². The van der Waals surface area contributed by atoms with Crippen LogP contribution in [0, 0.1) is 11.8 Å². The van der Waals surface area contributed by atoms with E-state index >= 15 is 0 Å². The van der Waals surface area contributed by atoms with Gasteiger partial charge in [0, 0.05) is 19.2 Å². The van der Waals surface area contributed by atoms with Gasteiger partial charge >= 0.3 is 0 Å². The minimum atomic E-state index is 0.158. The minimum absolute atomic E-state index is 0.158. The predicted octanol–water partition coefficient (Wildman–Crippen LogP) is 4.42. The molecule has 3 nitrogen and oxygen atoms in total. The van der Waals surface area contributed by atoms with Gasteiger partial charge in [-0.15, -0.1) is 0 Å². The van der Waals surface area contributed by atoms with E-state index in [-0.39, 0.29) is 5.91 Å². The fraction of sp³-hybridized carbons (Fsp3) is 0.842. The second-order valence-corrected chi connectivity index (χ2v) is 7.25. The molecule has 0 bridgehead atoms. The average Bonchev–Trinajstić information content (AvgIpc) is 2.47. The van der Waals surface area contributed by atoms with Gasteiger partial charge in [0.2, 0.25) is 5.91 Å². The van der Waals surface area contributed by atoms with Gasteiger partial charge in [-0.25, -0.2) is 0 Å². The maximum absolute atomic E-state index is 12.1. The number of amides is 1. The molecule has 0 aromatic heterocycles. The standard InChI is InChI=1S/C19H35NO2/c1-16(2)7-5-8-17(3)9-6-10-18(4)15-19(21)20-11-13-22-14-12-20/h15-17H,5-14H2,1-4H3. The van der Waals surface area contributed by atoms with E-state index in [4.69, 9.17) is 4.74 Å². The summed E-state index contributed by atoms with van der Waals surface area (Å²) in [5.74, 6) is 1.79. The van der Waals surface area contributed by atoms with E-state index in [0.29, 0.717) is 13.2 Å². The molecule has 0 radical (unpaired) electrons. The molecule has 1 fully saturated rings. The summed E-state index contributed by atoms with van der Waals surface area (Å²) >= 11 is 0. The summed E-state index contributed by atoms with van der Waals surface area (Å²) in [4.78, 5) is 14.0. The van der Waals surface area contributed by atoms with Gasteiger partial charge in [-0.1, -0.05) is 52.0 Å². The minimum Gasteiger partial charge on any atom is -0.378 e. The van der Waals surface area contributed by atoms with Crippen molar-refractivity contribution in [3.05, 3.63) is 11.6 Å². The van der Waals surface area contributed by atoms with E-state index in [9.17, 15) is 4.79 Å². The molecule has 22 heavy (non-hydrogen) atoms. The molecule has 1 aliphatic rings. The fourth-order valence-corrected chi connectivity index (χ4v) is 2.91. The van der Waals surface area contributed by atoms with Gasteiger partial charge in [0.15, 0.2) is 0 Å². The Hall–Kier alpha value is -0.830. The summed E-state index contributed by atoms with van der Waals surface area (Å²) in [7, 11) is 0. The molecule has 1 unspecified atom stereocenters. The molecular formula is C19H35NO2. The lowest BCUT2D eigenvalue weighted by Gasteiger charge is -2.25. The molecule has 1 rings (SSSR count). The van der Waals surface area contributed by atoms with Crippen molar-refractivity contribution >= 4 is 5.91 Å². The quantitative estimate of drug-likeness (QED) is 0.590. The summed E-state index contributed by atoms with van der Waals surface area (Å²) in [5, 5.41) is 0. The number of morpholine rings is 1. The first-order valence-electron chi connectivity index (χ1n) is 9.03. The molecule has 0 aromatic carbocycles. The number of carbonyl (C=O) groups excluding carboxylic acids is 1. The van der Waals surface area contributed by atoms with Crippen LogP contribution in [-0.4, -0.2) is 37.1 Å². The number of ether oxygens (including phenoxy) is 1. The van der Waals surface area contributed by atoms with E-state index in [1.54, 1.807) is 0 Å². The van der Waals surface area contributed by atoms with Crippen LogP contribution in [0.4, 0.5) is 0 Å². The Morgan fingerprint density at radius 1 is 1.09 bits per heavy atom. The normalized spacial score (nSPS) is 17.9. The Morgan fingerprint density at radius 2 is 1.73 bits per heavy atom. The van der Waals surface area contributed by atoms with E-state index in [2.05, 4.69) is 27.7 Å². The maximum Gasteiger partial charge on any atom is 0.246 e. The largest absolute Gasteiger partial charge is 0.378 e. The lowest BCUT2D eigenvalue weighted by atomic mass is 9.94. The van der Waals surface area contributed by atoms with Crippen molar-refractivity contribution < 1.29 is 9.53 Å². The van der Waals surface area contributed by atoms with Gasteiger partial charge in [0.05, 0.1) is 13.2 Å². The van der Waals surface area contributed by atoms with Crippen LogP contribution >= 0.6 is 0 Å². The summed E-state index contributed by atoms with van der Waals surface area (Å²) in [6.07, 6.45) is 9.38. The lowest BCUT2D eigenvalue weighted by molar-refractivity contribution is -0.130. The molecule has 1 saturated heterocycles. The zero-order valence-corrected chi connectivity index (χ0v) is 15.1. The van der Waals surface area contributed by atoms with Gasteiger partial charge in [-0.05, 0) is 31.6 Å². The van der Waals surface area contributed by atoms with Crippen LogP contribution < -0.4 is 0 Å². The van der Waals surface area contributed by atoms with E-state index < -0.39 is 0 Å². The molecule has 0 N–H and O–H groups in total. The molecule has 0 spiro atoms. The molecule has 128 valence electrons. The molecular weight excluding hydrogens is 274 g/mol. The molecule has 3 heteroatoms. The highest BCUT2D eigenvalue weighted by Gasteiger charge is 2.14. The lowest BCUT2D eigenvalue weighted by Crippen LogP contribution is -2.39. The van der Waals surface area contributed by atoms with Crippen molar-refractivity contribution in [2.75, 3.05) is 26.3 Å². The Bertz CT molecular complexity index is 343. The van der Waals surface area contributed by atoms with Crippen LogP contribution in [0.3, 0.4) is 0 Å². The first-order valence-corrected chi connectivity index (χ1v) is 9.03. The fourth-order valence-electron chi connectivity index (χ4n) is 2.91. The predicted molar refractivity (Wildman–Crippen MR) is 92.9 cm³/mol. The zero-order valence-electron chi connectivity index (χ0n) is 15.1. The number of allylic oxidation sites excluding steroid dienone is 1. The second-order valence-electron chi connectivity index (χ2n) is 7.25. The van der Waals surface area contributed by atoms with E-state index in [0.717, 1.165) is 31.3 Å². The molecule has 1 aliphatic heterocycles. The third-order valence-electron chi connectivity index (χ3n) is 4.44. The highest BCUT2D eigenvalue weighted by molar-refractivity contribution is 5.88. The summed E-state index contributed by atoms with van der Waals surface area (Å²) in [6.45, 7) is 11.8. The van der Waals surface area contributed by atoms with Crippen LogP contribution in [-0.2, 0) is 9.53 Å². The summed E-state index contributed by atoms with van der Waals surface area (Å²) in [5.41, 5.74) is 1.21. The second kappa shape index (κ2) is 10.8. The zero-order chi connectivity index (χ0) is 16.4. The van der Waals surface area contributed by atoms with Gasteiger partial charge in [0.25, 0.3) is 0 Å². The van der Waals surface area contributed by atoms with Crippen LogP contribution in [0.15, 0.2) is 11.6 Å². The van der Waals surface area contributed by atoms with Crippen molar-refractivity contribution in [3.8, 4) is 0 Å². The Morgan fingerprint density at radius 3 is 2.36 bits per heavy atom. The SMILES string of the molecule is CC(=CC(=O)N1CCOCC1)CCCC(C)CCCC(C)C. The Balaban J connectivity index is 2.17. The molecule has 1 amide bonds. The summed E-state index contributed by atoms with van der Waals surface area (Å²) < 4.78 is 5.28. The molecule has 1 atom stereocenters. The molecule has 0 aliphatic carbocycles. The Kier molecular flexibility index (Phi) is 9.45. The number of nitrogens with zero attached hydrogens (tertiary/aromatic N) is 1. The smallest absolute Gasteiger partial charge is 0.246 e. The van der Waals surface area contributed by atoms with Crippen LogP contribution in [0.25, 0.3) is 0 Å². The van der Waals surface area contributed by atoms with Crippen molar-refractivity contribution in [1.29, 1.82) is 0 Å². The first-order chi connectivity index (χ1) is 10.5.